The van der Waals surface area contributed by atoms with Gasteiger partial charge in [-0.1, -0.05) is 73.5 Å². The van der Waals surface area contributed by atoms with Crippen molar-refractivity contribution < 1.29 is 18.0 Å². The second-order valence-corrected chi connectivity index (χ2v) is 12.7. The van der Waals surface area contributed by atoms with E-state index >= 15 is 0 Å². The summed E-state index contributed by atoms with van der Waals surface area (Å²) >= 11 is 6.47. The minimum Gasteiger partial charge on any atom is -0.352 e. The molecule has 220 valence electrons. The van der Waals surface area contributed by atoms with Crippen LogP contribution >= 0.6 is 11.6 Å². The standard InChI is InChI=1S/C32H40ClN3O4S/c1-7-24(5)34-32(38)29(8-2)35(20-26-13-9-10-14-28(26)33)31(37)21-36(30-15-11-12-23(4)25(30)6)41(39,40)27-18-16-22(3)17-19-27/h9-19,24,29H,7-8,20-21H2,1-6H3,(H,34,38)/t24-,29-/m0/s1. The van der Waals surface area contributed by atoms with Gasteiger partial charge in [0.05, 0.1) is 10.6 Å². The molecule has 0 saturated heterocycles. The van der Waals surface area contributed by atoms with Gasteiger partial charge in [-0.05, 0) is 81.5 Å². The molecule has 0 aromatic heterocycles. The van der Waals surface area contributed by atoms with Crippen LogP contribution in [0.15, 0.2) is 71.6 Å². The molecule has 0 fully saturated rings. The lowest BCUT2D eigenvalue weighted by molar-refractivity contribution is -0.140. The van der Waals surface area contributed by atoms with Crippen molar-refractivity contribution in [3.05, 3.63) is 94.0 Å². The first kappa shape index (κ1) is 32.2. The van der Waals surface area contributed by atoms with Gasteiger partial charge in [-0.2, -0.15) is 0 Å². The first-order valence-electron chi connectivity index (χ1n) is 13.9. The summed E-state index contributed by atoms with van der Waals surface area (Å²) in [6.45, 7) is 10.9. The van der Waals surface area contributed by atoms with E-state index in [0.29, 0.717) is 22.7 Å². The number of amides is 2. The highest BCUT2D eigenvalue weighted by Gasteiger charge is 2.34. The fourth-order valence-electron chi connectivity index (χ4n) is 4.53. The Morgan fingerprint density at radius 2 is 1.56 bits per heavy atom. The van der Waals surface area contributed by atoms with Gasteiger partial charge in [0.25, 0.3) is 10.0 Å². The molecular weight excluding hydrogens is 558 g/mol. The lowest BCUT2D eigenvalue weighted by Gasteiger charge is -2.34. The van der Waals surface area contributed by atoms with Crippen molar-refractivity contribution in [3.63, 3.8) is 0 Å². The number of anilines is 1. The minimum absolute atomic E-state index is 0.0517. The molecule has 0 saturated carbocycles. The molecule has 0 spiro atoms. The zero-order chi connectivity index (χ0) is 30.3. The highest BCUT2D eigenvalue weighted by atomic mass is 35.5. The zero-order valence-corrected chi connectivity index (χ0v) is 26.2. The summed E-state index contributed by atoms with van der Waals surface area (Å²) in [7, 11) is -4.14. The van der Waals surface area contributed by atoms with Gasteiger partial charge in [0.1, 0.15) is 12.6 Å². The predicted molar refractivity (Wildman–Crippen MR) is 166 cm³/mol. The summed E-state index contributed by atoms with van der Waals surface area (Å²) in [5.74, 6) is -0.797. The van der Waals surface area contributed by atoms with E-state index in [0.717, 1.165) is 27.4 Å². The Kier molecular flexibility index (Phi) is 11.0. The molecule has 2 atom stereocenters. The Balaban J connectivity index is 2.11. The number of carbonyl (C=O) groups excluding carboxylic acids is 2. The summed E-state index contributed by atoms with van der Waals surface area (Å²) in [6.07, 6.45) is 1.07. The number of nitrogens with zero attached hydrogens (tertiary/aromatic N) is 2. The number of carbonyl (C=O) groups is 2. The van der Waals surface area contributed by atoms with Crippen molar-refractivity contribution in [3.8, 4) is 0 Å². The average molecular weight is 598 g/mol. The molecule has 7 nitrogen and oxygen atoms in total. The van der Waals surface area contributed by atoms with Gasteiger partial charge < -0.3 is 10.2 Å². The summed E-state index contributed by atoms with van der Waals surface area (Å²) in [4.78, 5) is 29.2. The van der Waals surface area contributed by atoms with Crippen LogP contribution in [0.3, 0.4) is 0 Å². The largest absolute Gasteiger partial charge is 0.352 e. The lowest BCUT2D eigenvalue weighted by atomic mass is 10.1. The molecule has 0 aliphatic carbocycles. The van der Waals surface area contributed by atoms with Crippen LogP contribution in [0.25, 0.3) is 0 Å². The predicted octanol–water partition coefficient (Wildman–Crippen LogP) is 6.18. The van der Waals surface area contributed by atoms with Crippen LogP contribution in [0.4, 0.5) is 5.69 Å². The first-order valence-corrected chi connectivity index (χ1v) is 15.7. The fraction of sp³-hybridized carbons (Fsp3) is 0.375. The van der Waals surface area contributed by atoms with Gasteiger partial charge in [-0.3, -0.25) is 13.9 Å². The normalized spacial score (nSPS) is 12.9. The van der Waals surface area contributed by atoms with Gasteiger partial charge in [0.15, 0.2) is 0 Å². The maximum Gasteiger partial charge on any atom is 0.264 e. The quantitative estimate of drug-likeness (QED) is 0.270. The van der Waals surface area contributed by atoms with E-state index in [4.69, 9.17) is 11.6 Å². The smallest absolute Gasteiger partial charge is 0.264 e. The summed E-state index contributed by atoms with van der Waals surface area (Å²) in [6, 6.07) is 18.1. The minimum atomic E-state index is -4.14. The molecule has 3 aromatic rings. The van der Waals surface area contributed by atoms with Crippen LogP contribution in [0.1, 0.15) is 55.9 Å². The van der Waals surface area contributed by atoms with Crippen molar-refractivity contribution in [1.29, 1.82) is 0 Å². The molecular formula is C32H40ClN3O4S. The maximum absolute atomic E-state index is 14.2. The van der Waals surface area contributed by atoms with Crippen LogP contribution in [-0.4, -0.2) is 43.8 Å². The number of aryl methyl sites for hydroxylation is 2. The SMILES string of the molecule is CC[C@H](C)NC(=O)[C@H](CC)N(Cc1ccccc1Cl)C(=O)CN(c1cccc(C)c1C)S(=O)(=O)c1ccc(C)cc1. The molecule has 3 rings (SSSR count). The Labute approximate surface area is 249 Å². The molecule has 3 aromatic carbocycles. The van der Waals surface area contributed by atoms with Crippen LogP contribution < -0.4 is 9.62 Å². The van der Waals surface area contributed by atoms with Crippen molar-refractivity contribution in [2.24, 2.45) is 0 Å². The molecule has 1 N–H and O–H groups in total. The van der Waals surface area contributed by atoms with Crippen LogP contribution in [0, 0.1) is 20.8 Å². The number of hydrogen-bond acceptors (Lipinski definition) is 4. The van der Waals surface area contributed by atoms with E-state index in [2.05, 4.69) is 5.32 Å². The summed E-state index contributed by atoms with van der Waals surface area (Å²) in [5.41, 5.74) is 3.63. The molecule has 0 bridgehead atoms. The van der Waals surface area contributed by atoms with Gasteiger partial charge in [0, 0.05) is 17.6 Å². The number of sulfonamides is 1. The topological polar surface area (TPSA) is 86.8 Å². The number of rotatable bonds is 12. The van der Waals surface area contributed by atoms with Gasteiger partial charge in [-0.25, -0.2) is 8.42 Å². The van der Waals surface area contributed by atoms with Crippen molar-refractivity contribution in [1.82, 2.24) is 10.2 Å². The molecule has 2 amide bonds. The third kappa shape index (κ3) is 7.68. The van der Waals surface area contributed by atoms with E-state index < -0.39 is 28.5 Å². The van der Waals surface area contributed by atoms with Gasteiger partial charge in [0.2, 0.25) is 11.8 Å². The molecule has 0 heterocycles. The van der Waals surface area contributed by atoms with E-state index in [1.54, 1.807) is 54.6 Å². The van der Waals surface area contributed by atoms with Crippen LogP contribution in [-0.2, 0) is 26.2 Å². The van der Waals surface area contributed by atoms with Crippen molar-refractivity contribution in [2.45, 2.75) is 77.9 Å². The third-order valence-electron chi connectivity index (χ3n) is 7.42. The van der Waals surface area contributed by atoms with Crippen molar-refractivity contribution >= 4 is 39.1 Å². The van der Waals surface area contributed by atoms with Crippen LogP contribution in [0.2, 0.25) is 5.02 Å². The highest BCUT2D eigenvalue weighted by Crippen LogP contribution is 2.30. The second kappa shape index (κ2) is 14.0. The molecule has 41 heavy (non-hydrogen) atoms. The Hall–Kier alpha value is -3.36. The fourth-order valence-corrected chi connectivity index (χ4v) is 6.19. The Morgan fingerprint density at radius 1 is 0.902 bits per heavy atom. The van der Waals surface area contributed by atoms with E-state index in [1.165, 1.54) is 4.90 Å². The molecule has 0 aliphatic rings. The Morgan fingerprint density at radius 3 is 2.17 bits per heavy atom. The lowest BCUT2D eigenvalue weighted by Crippen LogP contribution is -2.53. The molecule has 0 aliphatic heterocycles. The summed E-state index contributed by atoms with van der Waals surface area (Å²) < 4.78 is 29.3. The zero-order valence-electron chi connectivity index (χ0n) is 24.6. The first-order chi connectivity index (χ1) is 19.4. The average Bonchev–Trinajstić information content (AvgIpc) is 2.94. The number of halogens is 1. The number of nitrogens with one attached hydrogen (secondary N) is 1. The second-order valence-electron chi connectivity index (χ2n) is 10.4. The third-order valence-corrected chi connectivity index (χ3v) is 9.56. The van der Waals surface area contributed by atoms with Gasteiger partial charge in [-0.15, -0.1) is 0 Å². The number of hydrogen-bond donors (Lipinski definition) is 1. The van der Waals surface area contributed by atoms with Gasteiger partial charge >= 0.3 is 0 Å². The highest BCUT2D eigenvalue weighted by molar-refractivity contribution is 7.92. The molecule has 9 heteroatoms. The molecule has 0 radical (unpaired) electrons. The summed E-state index contributed by atoms with van der Waals surface area (Å²) in [5, 5.41) is 3.44. The monoisotopic (exact) mass is 597 g/mol. The Bertz CT molecular complexity index is 1470. The van der Waals surface area contributed by atoms with Crippen molar-refractivity contribution in [2.75, 3.05) is 10.8 Å². The van der Waals surface area contributed by atoms with E-state index in [-0.39, 0.29) is 23.4 Å². The maximum atomic E-state index is 14.2. The molecule has 0 unspecified atom stereocenters. The van der Waals surface area contributed by atoms with Crippen LogP contribution in [0.5, 0.6) is 0 Å². The van der Waals surface area contributed by atoms with E-state index in [1.807, 2.05) is 53.7 Å². The van der Waals surface area contributed by atoms with E-state index in [9.17, 15) is 18.0 Å². The number of benzene rings is 3.